The fourth-order valence-corrected chi connectivity index (χ4v) is 2.25. The standard InChI is InChI=1S/C15H15ClN2O3/c1-10-13(6-7-14(19)20)15(16)18(17-10)9-11-4-3-5-12(8-11)21-2/h3-8H,9H2,1-2H3,(H,19,20)/p-1/b7-6+. The van der Waals surface area contributed by atoms with Crippen LogP contribution in [0.4, 0.5) is 0 Å². The van der Waals surface area contributed by atoms with Gasteiger partial charge < -0.3 is 14.6 Å². The lowest BCUT2D eigenvalue weighted by Gasteiger charge is -2.06. The number of nitrogens with zero attached hydrogens (tertiary/aromatic N) is 2. The summed E-state index contributed by atoms with van der Waals surface area (Å²) in [5, 5.41) is 15.2. The Morgan fingerprint density at radius 1 is 1.52 bits per heavy atom. The van der Waals surface area contributed by atoms with Crippen LogP contribution in [0.3, 0.4) is 0 Å². The highest BCUT2D eigenvalue weighted by Crippen LogP contribution is 2.23. The number of carbonyl (C=O) groups is 1. The Labute approximate surface area is 127 Å². The van der Waals surface area contributed by atoms with Gasteiger partial charge >= 0.3 is 0 Å². The van der Waals surface area contributed by atoms with Crippen LogP contribution >= 0.6 is 11.6 Å². The Bertz CT molecular complexity index is 692. The largest absolute Gasteiger partial charge is 0.545 e. The number of ether oxygens (including phenoxy) is 1. The molecule has 0 fully saturated rings. The molecule has 0 aliphatic heterocycles. The van der Waals surface area contributed by atoms with Crippen LogP contribution < -0.4 is 9.84 Å². The zero-order valence-corrected chi connectivity index (χ0v) is 12.4. The lowest BCUT2D eigenvalue weighted by atomic mass is 10.2. The molecule has 1 aromatic carbocycles. The summed E-state index contributed by atoms with van der Waals surface area (Å²) in [5.41, 5.74) is 2.21. The van der Waals surface area contributed by atoms with Gasteiger partial charge in [0.25, 0.3) is 0 Å². The lowest BCUT2D eigenvalue weighted by molar-refractivity contribution is -0.297. The van der Waals surface area contributed by atoms with E-state index in [2.05, 4.69) is 5.10 Å². The first kappa shape index (κ1) is 15.1. The molecule has 0 saturated carbocycles. The second kappa shape index (κ2) is 6.45. The van der Waals surface area contributed by atoms with Crippen LogP contribution in [-0.4, -0.2) is 22.9 Å². The molecule has 0 amide bonds. The Kier molecular flexibility index (Phi) is 4.65. The summed E-state index contributed by atoms with van der Waals surface area (Å²) >= 11 is 6.24. The van der Waals surface area contributed by atoms with Gasteiger partial charge in [-0.2, -0.15) is 5.10 Å². The molecule has 0 radical (unpaired) electrons. The lowest BCUT2D eigenvalue weighted by Crippen LogP contribution is -2.18. The number of hydrogen-bond donors (Lipinski definition) is 0. The minimum absolute atomic E-state index is 0.382. The highest BCUT2D eigenvalue weighted by molar-refractivity contribution is 6.31. The number of benzene rings is 1. The van der Waals surface area contributed by atoms with E-state index in [-0.39, 0.29) is 0 Å². The fraction of sp³-hybridized carbons (Fsp3) is 0.200. The molecule has 2 aromatic rings. The van der Waals surface area contributed by atoms with Crippen LogP contribution in [0.15, 0.2) is 30.3 Å². The zero-order chi connectivity index (χ0) is 15.4. The van der Waals surface area contributed by atoms with Crippen molar-refractivity contribution < 1.29 is 14.6 Å². The quantitative estimate of drug-likeness (QED) is 0.788. The van der Waals surface area contributed by atoms with Gasteiger partial charge in [0, 0.05) is 5.56 Å². The van der Waals surface area contributed by atoms with Crippen molar-refractivity contribution in [3.8, 4) is 5.75 Å². The molecule has 0 saturated heterocycles. The monoisotopic (exact) mass is 305 g/mol. The van der Waals surface area contributed by atoms with Crippen molar-refractivity contribution in [1.29, 1.82) is 0 Å². The van der Waals surface area contributed by atoms with E-state index in [1.165, 1.54) is 6.08 Å². The molecule has 0 atom stereocenters. The molecule has 0 aliphatic rings. The molecular formula is C15H14ClN2O3-. The topological polar surface area (TPSA) is 67.2 Å². The van der Waals surface area contributed by atoms with Crippen molar-refractivity contribution >= 4 is 23.6 Å². The number of aromatic nitrogens is 2. The van der Waals surface area contributed by atoms with Crippen molar-refractivity contribution in [1.82, 2.24) is 9.78 Å². The van der Waals surface area contributed by atoms with E-state index < -0.39 is 5.97 Å². The van der Waals surface area contributed by atoms with Crippen LogP contribution in [0.5, 0.6) is 5.75 Å². The summed E-state index contributed by atoms with van der Waals surface area (Å²) < 4.78 is 6.78. The van der Waals surface area contributed by atoms with Gasteiger partial charge in [0.05, 0.1) is 25.3 Å². The first-order valence-corrected chi connectivity index (χ1v) is 6.64. The van der Waals surface area contributed by atoms with Crippen LogP contribution in [0, 0.1) is 6.92 Å². The normalized spacial score (nSPS) is 11.0. The van der Waals surface area contributed by atoms with Gasteiger partial charge in [0.15, 0.2) is 0 Å². The highest BCUT2D eigenvalue weighted by atomic mass is 35.5. The molecule has 2 rings (SSSR count). The van der Waals surface area contributed by atoms with E-state index in [4.69, 9.17) is 16.3 Å². The number of methoxy groups -OCH3 is 1. The highest BCUT2D eigenvalue weighted by Gasteiger charge is 2.11. The summed E-state index contributed by atoms with van der Waals surface area (Å²) in [5.74, 6) is -0.518. The van der Waals surface area contributed by atoms with Crippen LogP contribution in [0.1, 0.15) is 16.8 Å². The molecule has 1 heterocycles. The van der Waals surface area contributed by atoms with Crippen LogP contribution in [-0.2, 0) is 11.3 Å². The Morgan fingerprint density at radius 3 is 2.95 bits per heavy atom. The van der Waals surface area contributed by atoms with Gasteiger partial charge in [0.1, 0.15) is 10.9 Å². The van der Waals surface area contributed by atoms with Gasteiger partial charge in [-0.25, -0.2) is 4.68 Å². The number of hydrogen-bond acceptors (Lipinski definition) is 4. The van der Waals surface area contributed by atoms with Crippen LogP contribution in [0.2, 0.25) is 5.15 Å². The van der Waals surface area contributed by atoms with Crippen molar-refractivity contribution in [2.45, 2.75) is 13.5 Å². The second-order valence-electron chi connectivity index (χ2n) is 4.45. The van der Waals surface area contributed by atoms with Crippen molar-refractivity contribution in [3.05, 3.63) is 52.3 Å². The maximum absolute atomic E-state index is 10.5. The summed E-state index contributed by atoms with van der Waals surface area (Å²) in [7, 11) is 1.60. The molecule has 0 unspecified atom stereocenters. The summed E-state index contributed by atoms with van der Waals surface area (Å²) in [6.45, 7) is 2.24. The molecule has 6 heteroatoms. The summed E-state index contributed by atoms with van der Waals surface area (Å²) in [4.78, 5) is 10.5. The number of carboxylic acid groups (broad SMARTS) is 1. The van der Waals surface area contributed by atoms with Gasteiger partial charge in [-0.05, 0) is 36.8 Å². The van der Waals surface area contributed by atoms with Crippen molar-refractivity contribution in [2.75, 3.05) is 7.11 Å². The number of aliphatic carboxylic acids is 1. The first-order valence-electron chi connectivity index (χ1n) is 6.26. The molecule has 0 bridgehead atoms. The molecule has 5 nitrogen and oxygen atoms in total. The van der Waals surface area contributed by atoms with E-state index in [1.807, 2.05) is 24.3 Å². The smallest absolute Gasteiger partial charge is 0.134 e. The van der Waals surface area contributed by atoms with E-state index in [0.717, 1.165) is 17.4 Å². The molecule has 0 spiro atoms. The van der Waals surface area contributed by atoms with E-state index in [1.54, 1.807) is 18.7 Å². The maximum Gasteiger partial charge on any atom is 0.134 e. The number of aryl methyl sites for hydroxylation is 1. The summed E-state index contributed by atoms with van der Waals surface area (Å²) in [6.07, 6.45) is 2.33. The molecule has 0 aliphatic carbocycles. The Balaban J connectivity index is 2.28. The van der Waals surface area contributed by atoms with Crippen molar-refractivity contribution in [3.63, 3.8) is 0 Å². The van der Waals surface area contributed by atoms with E-state index >= 15 is 0 Å². The fourth-order valence-electron chi connectivity index (χ4n) is 1.96. The summed E-state index contributed by atoms with van der Waals surface area (Å²) in [6, 6.07) is 7.57. The van der Waals surface area contributed by atoms with E-state index in [9.17, 15) is 9.90 Å². The molecule has 21 heavy (non-hydrogen) atoms. The van der Waals surface area contributed by atoms with E-state index in [0.29, 0.717) is 23.0 Å². The predicted octanol–water partition coefficient (Wildman–Crippen LogP) is 1.66. The third-order valence-electron chi connectivity index (χ3n) is 2.96. The third-order valence-corrected chi connectivity index (χ3v) is 3.36. The molecular weight excluding hydrogens is 292 g/mol. The van der Waals surface area contributed by atoms with Gasteiger partial charge in [-0.15, -0.1) is 0 Å². The minimum Gasteiger partial charge on any atom is -0.545 e. The SMILES string of the molecule is COc1cccc(Cn2nc(C)c(/C=C/C(=O)[O-])c2Cl)c1. The molecule has 110 valence electrons. The Morgan fingerprint density at radius 2 is 2.29 bits per heavy atom. The average molecular weight is 306 g/mol. The Hall–Kier alpha value is -2.27. The third kappa shape index (κ3) is 3.64. The second-order valence-corrected chi connectivity index (χ2v) is 4.81. The number of carbonyl (C=O) groups excluding carboxylic acids is 1. The first-order chi connectivity index (χ1) is 10.0. The average Bonchev–Trinajstić information content (AvgIpc) is 2.71. The number of carboxylic acids is 1. The van der Waals surface area contributed by atoms with Gasteiger partial charge in [-0.3, -0.25) is 0 Å². The van der Waals surface area contributed by atoms with Crippen molar-refractivity contribution in [2.24, 2.45) is 0 Å². The molecule has 1 aromatic heterocycles. The predicted molar refractivity (Wildman–Crippen MR) is 78.1 cm³/mol. The van der Waals surface area contributed by atoms with Gasteiger partial charge in [0.2, 0.25) is 0 Å². The number of rotatable bonds is 5. The zero-order valence-electron chi connectivity index (χ0n) is 11.7. The number of halogens is 1. The minimum atomic E-state index is -1.27. The van der Waals surface area contributed by atoms with Crippen LogP contribution in [0.25, 0.3) is 6.08 Å². The van der Waals surface area contributed by atoms with Gasteiger partial charge in [-0.1, -0.05) is 23.7 Å². The maximum atomic E-state index is 10.5. The molecule has 0 N–H and O–H groups in total.